The van der Waals surface area contributed by atoms with E-state index in [0.29, 0.717) is 20.5 Å². The van der Waals surface area contributed by atoms with Crippen molar-refractivity contribution in [2.75, 3.05) is 13.2 Å². The van der Waals surface area contributed by atoms with E-state index in [9.17, 15) is 18.4 Å². The fourth-order valence-corrected chi connectivity index (χ4v) is 5.25. The number of thiophene rings is 1. The minimum Gasteiger partial charge on any atom is -0.492 e. The van der Waals surface area contributed by atoms with E-state index in [2.05, 4.69) is 0 Å². The minimum atomic E-state index is -1.02. The lowest BCUT2D eigenvalue weighted by Crippen LogP contribution is -2.32. The summed E-state index contributed by atoms with van der Waals surface area (Å²) in [6.07, 6.45) is 1.72. The number of hydrogen-bond acceptors (Lipinski definition) is 6. The number of benzene rings is 2. The monoisotopic (exact) mass is 503 g/mol. The summed E-state index contributed by atoms with van der Waals surface area (Å²) >= 11 is 7.89. The van der Waals surface area contributed by atoms with E-state index in [1.54, 1.807) is 24.3 Å². The normalized spacial score (nSPS) is 14.8. The molecule has 0 saturated carbocycles. The highest BCUT2D eigenvalue weighted by Gasteiger charge is 2.32. The van der Waals surface area contributed by atoms with Crippen molar-refractivity contribution in [2.45, 2.75) is 0 Å². The molecule has 1 aliphatic heterocycles. The molecule has 1 N–H and O–H groups in total. The Morgan fingerprint density at radius 3 is 2.55 bits per heavy atom. The van der Waals surface area contributed by atoms with Crippen LogP contribution in [0.1, 0.15) is 15.2 Å². The topological polar surface area (TPSA) is 66.8 Å². The first-order valence-corrected chi connectivity index (χ1v) is 11.7. The summed E-state index contributed by atoms with van der Waals surface area (Å²) in [7, 11) is 0. The number of carbonyl (C=O) groups is 2. The molecule has 2 heterocycles. The van der Waals surface area contributed by atoms with E-state index in [1.807, 2.05) is 5.38 Å². The molecule has 0 spiro atoms. The predicted molar refractivity (Wildman–Crippen MR) is 128 cm³/mol. The lowest BCUT2D eigenvalue weighted by molar-refractivity contribution is -0.122. The van der Waals surface area contributed by atoms with Gasteiger partial charge in [-0.3, -0.25) is 9.69 Å². The number of nitrogens with zero attached hydrogens (tertiary/aromatic N) is 1. The quantitative estimate of drug-likeness (QED) is 0.331. The zero-order chi connectivity index (χ0) is 23.5. The van der Waals surface area contributed by atoms with Crippen molar-refractivity contribution in [3.05, 3.63) is 80.9 Å². The Kier molecular flexibility index (Phi) is 6.87. The molecule has 168 valence electrons. The molecule has 0 unspecified atom stereocenters. The first-order valence-electron chi connectivity index (χ1n) is 9.57. The number of halogens is 2. The van der Waals surface area contributed by atoms with Crippen LogP contribution >= 0.6 is 35.3 Å². The van der Waals surface area contributed by atoms with Crippen molar-refractivity contribution in [2.24, 2.45) is 0 Å². The van der Waals surface area contributed by atoms with Crippen LogP contribution in [0.5, 0.6) is 5.75 Å². The Morgan fingerprint density at radius 2 is 1.85 bits per heavy atom. The van der Waals surface area contributed by atoms with Crippen LogP contribution in [0.4, 0.5) is 8.78 Å². The Bertz CT molecular complexity index is 1270. The summed E-state index contributed by atoms with van der Waals surface area (Å²) in [6, 6.07) is 11.5. The summed E-state index contributed by atoms with van der Waals surface area (Å²) in [5, 5.41) is 10.7. The number of carbonyl (C=O) groups excluding carboxylic acids is 1. The number of aromatic carboxylic acids is 1. The highest BCUT2D eigenvalue weighted by molar-refractivity contribution is 8.26. The summed E-state index contributed by atoms with van der Waals surface area (Å²) in [4.78, 5) is 26.4. The Morgan fingerprint density at radius 1 is 1.09 bits per heavy atom. The number of hydrogen-bond donors (Lipinski definition) is 1. The number of ether oxygens (including phenoxy) is 1. The van der Waals surface area contributed by atoms with E-state index >= 15 is 0 Å². The smallest absolute Gasteiger partial charge is 0.335 e. The summed E-state index contributed by atoms with van der Waals surface area (Å²) in [6.45, 7) is 0.429. The average molecular weight is 504 g/mol. The fourth-order valence-electron chi connectivity index (χ4n) is 3.03. The average Bonchev–Trinajstić information content (AvgIpc) is 3.36. The van der Waals surface area contributed by atoms with E-state index in [4.69, 9.17) is 22.1 Å². The molecule has 4 rings (SSSR count). The highest BCUT2D eigenvalue weighted by Crippen LogP contribution is 2.35. The second-order valence-corrected chi connectivity index (χ2v) is 9.50. The third-order valence-corrected chi connectivity index (χ3v) is 6.96. The molecule has 0 radical (unpaired) electrons. The van der Waals surface area contributed by atoms with Gasteiger partial charge in [0.25, 0.3) is 5.91 Å². The van der Waals surface area contributed by atoms with Crippen molar-refractivity contribution in [1.82, 2.24) is 4.90 Å². The van der Waals surface area contributed by atoms with E-state index in [0.717, 1.165) is 22.6 Å². The van der Waals surface area contributed by atoms with Crippen LogP contribution in [-0.4, -0.2) is 39.4 Å². The number of thiocarbonyl (C=S) groups is 1. The highest BCUT2D eigenvalue weighted by atomic mass is 32.2. The Hall–Kier alpha value is -3.08. The molecule has 0 atom stereocenters. The third-order valence-electron chi connectivity index (χ3n) is 4.70. The van der Waals surface area contributed by atoms with Crippen molar-refractivity contribution in [1.29, 1.82) is 0 Å². The summed E-state index contributed by atoms with van der Waals surface area (Å²) < 4.78 is 32.7. The number of amides is 1. The zero-order valence-corrected chi connectivity index (χ0v) is 19.2. The van der Waals surface area contributed by atoms with Crippen LogP contribution in [0.15, 0.2) is 58.8 Å². The van der Waals surface area contributed by atoms with Gasteiger partial charge in [-0.05, 0) is 65.0 Å². The third kappa shape index (κ3) is 5.29. The second kappa shape index (κ2) is 9.82. The molecule has 3 aromatic rings. The van der Waals surface area contributed by atoms with Gasteiger partial charge in [-0.15, -0.1) is 11.3 Å². The second-order valence-electron chi connectivity index (χ2n) is 6.88. The first-order chi connectivity index (χ1) is 15.8. The Balaban J connectivity index is 1.39. The maximum absolute atomic E-state index is 13.5. The molecule has 0 bridgehead atoms. The lowest BCUT2D eigenvalue weighted by Gasteiger charge is -2.15. The minimum absolute atomic E-state index is 0.158. The van der Waals surface area contributed by atoms with Gasteiger partial charge in [0.1, 0.15) is 16.7 Å². The SMILES string of the molecule is O=C(O)c1ccc(OCCN2C(=O)C(=Cc3cc(-c4ccc(F)c(F)c4)cs3)SC2=S)cc1. The summed E-state index contributed by atoms with van der Waals surface area (Å²) in [5.74, 6) is -2.59. The van der Waals surface area contributed by atoms with Crippen LogP contribution in [0, 0.1) is 11.6 Å². The number of carboxylic acids is 1. The van der Waals surface area contributed by atoms with Gasteiger partial charge < -0.3 is 9.84 Å². The van der Waals surface area contributed by atoms with Gasteiger partial charge in [0.15, 0.2) is 11.6 Å². The maximum Gasteiger partial charge on any atom is 0.335 e. The van der Waals surface area contributed by atoms with Crippen LogP contribution in [0.3, 0.4) is 0 Å². The van der Waals surface area contributed by atoms with Gasteiger partial charge in [-0.2, -0.15) is 0 Å². The van der Waals surface area contributed by atoms with Crippen LogP contribution in [0.2, 0.25) is 0 Å². The molecule has 2 aromatic carbocycles. The van der Waals surface area contributed by atoms with Crippen LogP contribution in [-0.2, 0) is 4.79 Å². The zero-order valence-electron chi connectivity index (χ0n) is 16.8. The van der Waals surface area contributed by atoms with Crippen molar-refractivity contribution >= 4 is 57.6 Å². The molecule has 1 saturated heterocycles. The molecule has 1 fully saturated rings. The largest absolute Gasteiger partial charge is 0.492 e. The fraction of sp³-hybridized carbons (Fsp3) is 0.0870. The molecular weight excluding hydrogens is 488 g/mol. The standard InChI is InChI=1S/C23H15F2NO4S3/c24-18-6-3-14(10-19(18)25)15-9-17(32-12-15)11-20-21(27)26(23(31)33-20)7-8-30-16-4-1-13(2-5-16)22(28)29/h1-6,9-12H,7-8H2,(H,28,29). The molecule has 5 nitrogen and oxygen atoms in total. The molecular formula is C23H15F2NO4S3. The van der Waals surface area contributed by atoms with Gasteiger partial charge in [0, 0.05) is 4.88 Å². The lowest BCUT2D eigenvalue weighted by atomic mass is 10.1. The first kappa shape index (κ1) is 23.1. The van der Waals surface area contributed by atoms with E-state index < -0.39 is 17.6 Å². The van der Waals surface area contributed by atoms with Gasteiger partial charge in [-0.25, -0.2) is 13.6 Å². The maximum atomic E-state index is 13.5. The number of thioether (sulfide) groups is 1. The van der Waals surface area contributed by atoms with Gasteiger partial charge in [0.2, 0.25) is 0 Å². The molecule has 33 heavy (non-hydrogen) atoms. The number of carboxylic acid groups (broad SMARTS) is 1. The van der Waals surface area contributed by atoms with Gasteiger partial charge in [-0.1, -0.05) is 30.0 Å². The van der Waals surface area contributed by atoms with Gasteiger partial charge >= 0.3 is 5.97 Å². The van der Waals surface area contributed by atoms with Crippen LogP contribution < -0.4 is 4.74 Å². The Labute approximate surface area is 201 Å². The van der Waals surface area contributed by atoms with Crippen molar-refractivity contribution in [3.63, 3.8) is 0 Å². The van der Waals surface area contributed by atoms with E-state index in [-0.39, 0.29) is 24.6 Å². The molecule has 10 heteroatoms. The van der Waals surface area contributed by atoms with Crippen molar-refractivity contribution in [3.8, 4) is 16.9 Å². The summed E-state index contributed by atoms with van der Waals surface area (Å²) in [5.41, 5.74) is 1.43. The van der Waals surface area contributed by atoms with Crippen molar-refractivity contribution < 1.29 is 28.2 Å². The molecule has 0 aliphatic carbocycles. The molecule has 1 amide bonds. The molecule has 1 aromatic heterocycles. The van der Waals surface area contributed by atoms with Crippen LogP contribution in [0.25, 0.3) is 17.2 Å². The number of rotatable bonds is 7. The molecule has 1 aliphatic rings. The predicted octanol–water partition coefficient (Wildman–Crippen LogP) is 5.67. The van der Waals surface area contributed by atoms with E-state index in [1.165, 1.54) is 46.2 Å². The van der Waals surface area contributed by atoms with Gasteiger partial charge in [0.05, 0.1) is 17.0 Å².